The normalized spacial score (nSPS) is 22.8. The Bertz CT molecular complexity index is 599. The van der Waals surface area contributed by atoms with E-state index in [1.54, 1.807) is 6.92 Å². The van der Waals surface area contributed by atoms with Crippen LogP contribution in [0, 0.1) is 17.0 Å². The molecular weight excluding hydrogens is 258 g/mol. The number of rotatable bonds is 4. The van der Waals surface area contributed by atoms with E-state index in [9.17, 15) is 18.5 Å². The molecule has 2 unspecified atom stereocenters. The van der Waals surface area contributed by atoms with Crippen LogP contribution in [0.5, 0.6) is 0 Å². The lowest BCUT2D eigenvalue weighted by Gasteiger charge is -2.06. The molecule has 2 atom stereocenters. The molecule has 8 heteroatoms. The minimum absolute atomic E-state index is 0.112. The topological polar surface area (TPSA) is 115 Å². The van der Waals surface area contributed by atoms with Gasteiger partial charge >= 0.3 is 0 Å². The first-order chi connectivity index (χ1) is 8.31. The quantitative estimate of drug-likeness (QED) is 0.603. The molecule has 2 rings (SSSR count). The van der Waals surface area contributed by atoms with Crippen LogP contribution in [0.4, 0.5) is 5.69 Å². The van der Waals surface area contributed by atoms with Crippen molar-refractivity contribution in [2.24, 2.45) is 5.73 Å². The summed E-state index contributed by atoms with van der Waals surface area (Å²) < 4.78 is 26.3. The Balaban J connectivity index is 2.33. The molecule has 1 fully saturated rings. The monoisotopic (exact) mass is 271 g/mol. The zero-order chi connectivity index (χ0) is 13.5. The van der Waals surface area contributed by atoms with Crippen LogP contribution in [0.25, 0.3) is 0 Å². The minimum atomic E-state index is -3.74. The maximum absolute atomic E-state index is 11.9. The summed E-state index contributed by atoms with van der Waals surface area (Å²) in [5.74, 6) is 0. The van der Waals surface area contributed by atoms with Gasteiger partial charge in [-0.1, -0.05) is 6.07 Å². The Kier molecular flexibility index (Phi) is 3.09. The fourth-order valence-corrected chi connectivity index (χ4v) is 2.89. The summed E-state index contributed by atoms with van der Waals surface area (Å²) in [5.41, 5.74) is 5.73. The first kappa shape index (κ1) is 12.9. The number of nitro benzene ring substituents is 1. The molecule has 0 aromatic heterocycles. The van der Waals surface area contributed by atoms with Crippen LogP contribution >= 0.6 is 0 Å². The van der Waals surface area contributed by atoms with E-state index in [2.05, 4.69) is 4.72 Å². The first-order valence-corrected chi connectivity index (χ1v) is 6.82. The summed E-state index contributed by atoms with van der Waals surface area (Å²) in [6, 6.07) is 3.39. The Hall–Kier alpha value is -1.51. The van der Waals surface area contributed by atoms with E-state index >= 15 is 0 Å². The number of nitrogens with one attached hydrogen (secondary N) is 1. The maximum Gasteiger partial charge on any atom is 0.273 e. The first-order valence-electron chi connectivity index (χ1n) is 5.34. The Morgan fingerprint density at radius 3 is 2.61 bits per heavy atom. The summed E-state index contributed by atoms with van der Waals surface area (Å²) in [5, 5.41) is 10.8. The van der Waals surface area contributed by atoms with Gasteiger partial charge in [0.1, 0.15) is 0 Å². The standard InChI is InChI=1S/C10H13N3O4S/c1-6-2-3-7(4-10(6)13(14)15)18(16,17)12-9-5-8(9)11/h2-4,8-9,12H,5,11H2,1H3. The van der Waals surface area contributed by atoms with Crippen LogP contribution in [0.3, 0.4) is 0 Å². The molecule has 7 nitrogen and oxygen atoms in total. The summed E-state index contributed by atoms with van der Waals surface area (Å²) in [6.07, 6.45) is 0.590. The number of aryl methyl sites for hydroxylation is 1. The summed E-state index contributed by atoms with van der Waals surface area (Å²) >= 11 is 0. The zero-order valence-corrected chi connectivity index (χ0v) is 10.5. The molecule has 0 heterocycles. The number of nitro groups is 1. The highest BCUT2D eigenvalue weighted by atomic mass is 32.2. The lowest BCUT2D eigenvalue weighted by Crippen LogP contribution is -2.29. The molecule has 0 amide bonds. The second kappa shape index (κ2) is 4.30. The Morgan fingerprint density at radius 1 is 1.50 bits per heavy atom. The van der Waals surface area contributed by atoms with Crippen LogP contribution in [0.2, 0.25) is 0 Å². The summed E-state index contributed by atoms with van der Waals surface area (Å²) in [7, 11) is -3.74. The molecule has 1 aliphatic carbocycles. The number of nitrogens with two attached hydrogens (primary N) is 1. The fraction of sp³-hybridized carbons (Fsp3) is 0.400. The van der Waals surface area contributed by atoms with Gasteiger partial charge in [-0.05, 0) is 19.4 Å². The van der Waals surface area contributed by atoms with Crippen molar-refractivity contribution in [3.05, 3.63) is 33.9 Å². The van der Waals surface area contributed by atoms with Crippen LogP contribution < -0.4 is 10.5 Å². The van der Waals surface area contributed by atoms with Crippen LogP contribution in [-0.2, 0) is 10.0 Å². The third-order valence-electron chi connectivity index (χ3n) is 2.83. The fourth-order valence-electron chi connectivity index (χ4n) is 1.57. The van der Waals surface area contributed by atoms with E-state index in [-0.39, 0.29) is 22.7 Å². The van der Waals surface area contributed by atoms with Gasteiger partial charge in [0.05, 0.1) is 9.82 Å². The van der Waals surface area contributed by atoms with Crippen molar-refractivity contribution in [1.82, 2.24) is 4.72 Å². The molecule has 0 saturated heterocycles. The lowest BCUT2D eigenvalue weighted by molar-refractivity contribution is -0.385. The second-order valence-corrected chi connectivity index (χ2v) is 6.05. The largest absolute Gasteiger partial charge is 0.326 e. The maximum atomic E-state index is 11.9. The molecule has 98 valence electrons. The van der Waals surface area contributed by atoms with E-state index in [0.29, 0.717) is 12.0 Å². The number of nitrogens with zero attached hydrogens (tertiary/aromatic N) is 1. The molecule has 1 saturated carbocycles. The van der Waals surface area contributed by atoms with Crippen molar-refractivity contribution in [2.75, 3.05) is 0 Å². The van der Waals surface area contributed by atoms with Gasteiger partial charge in [0.15, 0.2) is 0 Å². The molecule has 1 aromatic rings. The van der Waals surface area contributed by atoms with E-state index in [1.165, 1.54) is 12.1 Å². The molecule has 0 spiro atoms. The molecule has 3 N–H and O–H groups in total. The van der Waals surface area contributed by atoms with E-state index in [1.807, 2.05) is 0 Å². The predicted octanol–water partition coefficient (Wildman–Crippen LogP) is 0.281. The number of benzene rings is 1. The van der Waals surface area contributed by atoms with Gasteiger partial charge in [-0.2, -0.15) is 0 Å². The molecule has 1 aliphatic rings. The van der Waals surface area contributed by atoms with Gasteiger partial charge in [0, 0.05) is 23.7 Å². The van der Waals surface area contributed by atoms with Gasteiger partial charge in [0.25, 0.3) is 5.69 Å². The highest BCUT2D eigenvalue weighted by molar-refractivity contribution is 7.89. The Labute approximate surface area is 104 Å². The Morgan fingerprint density at radius 2 is 2.11 bits per heavy atom. The van der Waals surface area contributed by atoms with Gasteiger partial charge in [-0.3, -0.25) is 10.1 Å². The summed E-state index contributed by atoms with van der Waals surface area (Å²) in [6.45, 7) is 1.55. The highest BCUT2D eigenvalue weighted by Gasteiger charge is 2.37. The SMILES string of the molecule is Cc1ccc(S(=O)(=O)NC2CC2N)cc1[N+](=O)[O-]. The number of hydrogen-bond donors (Lipinski definition) is 2. The molecule has 1 aromatic carbocycles. The van der Waals surface area contributed by atoms with E-state index < -0.39 is 14.9 Å². The summed E-state index contributed by atoms with van der Waals surface area (Å²) in [4.78, 5) is 10.0. The molecular formula is C10H13N3O4S. The lowest BCUT2D eigenvalue weighted by atomic mass is 10.2. The molecule has 18 heavy (non-hydrogen) atoms. The van der Waals surface area contributed by atoms with Crippen molar-refractivity contribution >= 4 is 15.7 Å². The van der Waals surface area contributed by atoms with E-state index in [0.717, 1.165) is 6.07 Å². The van der Waals surface area contributed by atoms with Crippen molar-refractivity contribution in [3.63, 3.8) is 0 Å². The van der Waals surface area contributed by atoms with Gasteiger partial charge in [-0.25, -0.2) is 13.1 Å². The highest BCUT2D eigenvalue weighted by Crippen LogP contribution is 2.25. The van der Waals surface area contributed by atoms with Gasteiger partial charge < -0.3 is 5.73 Å². The zero-order valence-electron chi connectivity index (χ0n) is 9.66. The third-order valence-corrected chi connectivity index (χ3v) is 4.32. The van der Waals surface area contributed by atoms with Crippen LogP contribution in [0.1, 0.15) is 12.0 Å². The van der Waals surface area contributed by atoms with Gasteiger partial charge in [0.2, 0.25) is 10.0 Å². The third kappa shape index (κ3) is 2.50. The van der Waals surface area contributed by atoms with Crippen molar-refractivity contribution in [1.29, 1.82) is 0 Å². The van der Waals surface area contributed by atoms with Crippen LogP contribution in [0.15, 0.2) is 23.1 Å². The van der Waals surface area contributed by atoms with Crippen LogP contribution in [-0.4, -0.2) is 25.4 Å². The molecule has 0 aliphatic heterocycles. The average molecular weight is 271 g/mol. The van der Waals surface area contributed by atoms with Gasteiger partial charge in [-0.15, -0.1) is 0 Å². The smallest absolute Gasteiger partial charge is 0.273 e. The van der Waals surface area contributed by atoms with Crippen molar-refractivity contribution in [3.8, 4) is 0 Å². The average Bonchev–Trinajstić information content (AvgIpc) is 2.92. The number of sulfonamides is 1. The van der Waals surface area contributed by atoms with E-state index in [4.69, 9.17) is 5.73 Å². The predicted molar refractivity (Wildman–Crippen MR) is 64.5 cm³/mol. The molecule has 0 bridgehead atoms. The second-order valence-electron chi connectivity index (χ2n) is 4.33. The molecule has 0 radical (unpaired) electrons. The van der Waals surface area contributed by atoms with Crippen molar-refractivity contribution in [2.45, 2.75) is 30.3 Å². The minimum Gasteiger partial charge on any atom is -0.326 e. The number of hydrogen-bond acceptors (Lipinski definition) is 5. The van der Waals surface area contributed by atoms with Crippen molar-refractivity contribution < 1.29 is 13.3 Å².